The van der Waals surface area contributed by atoms with Crippen molar-refractivity contribution in [2.24, 2.45) is 7.05 Å². The van der Waals surface area contributed by atoms with Gasteiger partial charge in [-0.15, -0.1) is 0 Å². The highest BCUT2D eigenvalue weighted by Crippen LogP contribution is 2.24. The summed E-state index contributed by atoms with van der Waals surface area (Å²) in [5.41, 5.74) is 0.638. The number of nitrogens with zero attached hydrogens (tertiary/aromatic N) is 5. The van der Waals surface area contributed by atoms with E-state index in [1.54, 1.807) is 42.8 Å². The number of likely N-dealkylation sites (tertiary alicyclic amines) is 1. The molecule has 33 heavy (non-hydrogen) atoms. The molecule has 2 aromatic heterocycles. The quantitative estimate of drug-likeness (QED) is 0.572. The number of aromatic nitrogens is 4. The van der Waals surface area contributed by atoms with Gasteiger partial charge in [-0.2, -0.15) is 0 Å². The average Bonchev–Trinajstić information content (AvgIpc) is 3.12. The summed E-state index contributed by atoms with van der Waals surface area (Å²) in [4.78, 5) is 32.2. The summed E-state index contributed by atoms with van der Waals surface area (Å²) in [7, 11) is 3.81. The van der Waals surface area contributed by atoms with E-state index in [1.807, 2.05) is 6.92 Å². The van der Waals surface area contributed by atoms with E-state index >= 15 is 0 Å². The number of piperidine rings is 1. The lowest BCUT2D eigenvalue weighted by Gasteiger charge is -2.29. The standard InChI is InChI=1S/C24H30FN5O3/c1-5-29-22-21(23(31)30(6-2)24(29)32)28(4)20(26-22)10-8-16-7-9-19(18(25)15-16)33-17-11-13-27(3)14-12-17/h7-10,15,17H,5-6,11-14H2,1-4H3/b10-8+. The maximum absolute atomic E-state index is 14.7. The number of aryl methyl sites for hydroxylation is 2. The fraction of sp³-hybridized carbons (Fsp3) is 0.458. The minimum Gasteiger partial charge on any atom is -0.487 e. The van der Waals surface area contributed by atoms with Crippen molar-refractivity contribution in [2.75, 3.05) is 20.1 Å². The Bertz CT molecular complexity index is 1310. The topological polar surface area (TPSA) is 74.3 Å². The van der Waals surface area contributed by atoms with E-state index in [1.165, 1.54) is 15.2 Å². The van der Waals surface area contributed by atoms with Crippen LogP contribution in [-0.2, 0) is 20.1 Å². The van der Waals surface area contributed by atoms with Gasteiger partial charge in [0, 0.05) is 33.2 Å². The fourth-order valence-corrected chi connectivity index (χ4v) is 4.26. The summed E-state index contributed by atoms with van der Waals surface area (Å²) < 4.78 is 24.9. The van der Waals surface area contributed by atoms with E-state index in [0.29, 0.717) is 29.1 Å². The Balaban J connectivity index is 1.61. The number of hydrogen-bond donors (Lipinski definition) is 0. The molecular weight excluding hydrogens is 425 g/mol. The van der Waals surface area contributed by atoms with Gasteiger partial charge in [-0.1, -0.05) is 12.1 Å². The molecule has 1 aliphatic rings. The molecule has 3 aromatic rings. The van der Waals surface area contributed by atoms with Crippen LogP contribution in [0.25, 0.3) is 23.3 Å². The Morgan fingerprint density at radius 2 is 1.79 bits per heavy atom. The van der Waals surface area contributed by atoms with Crippen LogP contribution in [0.2, 0.25) is 0 Å². The molecule has 176 valence electrons. The summed E-state index contributed by atoms with van der Waals surface area (Å²) in [6, 6.07) is 4.87. The summed E-state index contributed by atoms with van der Waals surface area (Å²) in [5.74, 6) is 0.354. The molecule has 1 saturated heterocycles. The van der Waals surface area contributed by atoms with Crippen LogP contribution in [0.4, 0.5) is 4.39 Å². The molecule has 1 aromatic carbocycles. The maximum atomic E-state index is 14.7. The molecule has 0 atom stereocenters. The van der Waals surface area contributed by atoms with Gasteiger partial charge >= 0.3 is 5.69 Å². The smallest absolute Gasteiger partial charge is 0.332 e. The minimum atomic E-state index is -0.410. The number of fused-ring (bicyclic) bond motifs is 1. The second-order valence-corrected chi connectivity index (χ2v) is 8.42. The zero-order chi connectivity index (χ0) is 23.7. The number of ether oxygens (including phenoxy) is 1. The highest BCUT2D eigenvalue weighted by Gasteiger charge is 2.20. The third-order valence-electron chi connectivity index (χ3n) is 6.25. The molecule has 0 bridgehead atoms. The molecular formula is C24H30FN5O3. The second-order valence-electron chi connectivity index (χ2n) is 8.42. The van der Waals surface area contributed by atoms with Gasteiger partial charge in [-0.3, -0.25) is 13.9 Å². The molecule has 0 N–H and O–H groups in total. The van der Waals surface area contributed by atoms with Crippen molar-refractivity contribution in [1.29, 1.82) is 0 Å². The molecule has 0 amide bonds. The third-order valence-corrected chi connectivity index (χ3v) is 6.25. The molecule has 0 saturated carbocycles. The summed E-state index contributed by atoms with van der Waals surface area (Å²) >= 11 is 0. The largest absolute Gasteiger partial charge is 0.487 e. The van der Waals surface area contributed by atoms with Crippen molar-refractivity contribution < 1.29 is 9.13 Å². The molecule has 0 unspecified atom stereocenters. The van der Waals surface area contributed by atoms with E-state index in [-0.39, 0.29) is 29.6 Å². The first-order valence-electron chi connectivity index (χ1n) is 11.4. The van der Waals surface area contributed by atoms with Gasteiger partial charge in [-0.05, 0) is 57.5 Å². The third kappa shape index (κ3) is 4.37. The van der Waals surface area contributed by atoms with Crippen molar-refractivity contribution in [3.8, 4) is 5.75 Å². The Morgan fingerprint density at radius 1 is 1.09 bits per heavy atom. The van der Waals surface area contributed by atoms with Gasteiger partial charge < -0.3 is 14.2 Å². The highest BCUT2D eigenvalue weighted by molar-refractivity contribution is 5.76. The maximum Gasteiger partial charge on any atom is 0.332 e. The monoisotopic (exact) mass is 455 g/mol. The van der Waals surface area contributed by atoms with E-state index in [9.17, 15) is 14.0 Å². The lowest BCUT2D eigenvalue weighted by molar-refractivity contribution is 0.110. The van der Waals surface area contributed by atoms with E-state index in [0.717, 1.165) is 25.9 Å². The summed E-state index contributed by atoms with van der Waals surface area (Å²) in [5, 5.41) is 0. The molecule has 3 heterocycles. The van der Waals surface area contributed by atoms with E-state index in [4.69, 9.17) is 4.74 Å². The number of halogens is 1. The first-order valence-corrected chi connectivity index (χ1v) is 11.4. The Kier molecular flexibility index (Phi) is 6.51. The first kappa shape index (κ1) is 23.0. The van der Waals surface area contributed by atoms with Crippen molar-refractivity contribution in [3.05, 3.63) is 56.2 Å². The van der Waals surface area contributed by atoms with Gasteiger partial charge in [0.2, 0.25) is 0 Å². The number of imidazole rings is 1. The minimum absolute atomic E-state index is 0.0282. The molecule has 0 spiro atoms. The van der Waals surface area contributed by atoms with Crippen LogP contribution in [0.1, 0.15) is 38.1 Å². The normalized spacial score (nSPS) is 15.7. The van der Waals surface area contributed by atoms with Crippen LogP contribution < -0.4 is 16.0 Å². The number of benzene rings is 1. The number of rotatable bonds is 6. The van der Waals surface area contributed by atoms with Gasteiger partial charge in [0.15, 0.2) is 22.7 Å². The van der Waals surface area contributed by atoms with Crippen molar-refractivity contribution in [2.45, 2.75) is 45.9 Å². The van der Waals surface area contributed by atoms with Crippen molar-refractivity contribution in [1.82, 2.24) is 23.6 Å². The first-order chi connectivity index (χ1) is 15.8. The highest BCUT2D eigenvalue weighted by atomic mass is 19.1. The second kappa shape index (κ2) is 9.35. The molecule has 1 fully saturated rings. The molecule has 8 nitrogen and oxygen atoms in total. The van der Waals surface area contributed by atoms with Crippen LogP contribution in [0.5, 0.6) is 5.75 Å². The summed E-state index contributed by atoms with van der Waals surface area (Å²) in [6.45, 7) is 6.18. The summed E-state index contributed by atoms with van der Waals surface area (Å²) in [6.07, 6.45) is 5.24. The van der Waals surface area contributed by atoms with Gasteiger partial charge in [0.1, 0.15) is 11.9 Å². The number of hydrogen-bond acceptors (Lipinski definition) is 5. The zero-order valence-electron chi connectivity index (χ0n) is 19.5. The SMILES string of the molecule is CCn1c(=O)c2c(nc(/C=C/c3ccc(OC4CCN(C)CC4)c(F)c3)n2C)n(CC)c1=O. The predicted octanol–water partition coefficient (Wildman–Crippen LogP) is 2.72. The van der Waals surface area contributed by atoms with E-state index in [2.05, 4.69) is 16.9 Å². The molecule has 4 rings (SSSR count). The zero-order valence-corrected chi connectivity index (χ0v) is 19.5. The van der Waals surface area contributed by atoms with Crippen LogP contribution in [0, 0.1) is 5.82 Å². The van der Waals surface area contributed by atoms with Gasteiger partial charge in [0.25, 0.3) is 5.56 Å². The Hall–Kier alpha value is -3.20. The van der Waals surface area contributed by atoms with Crippen molar-refractivity contribution >= 4 is 23.3 Å². The lowest BCUT2D eigenvalue weighted by atomic mass is 10.1. The van der Waals surface area contributed by atoms with Crippen LogP contribution in [-0.4, -0.2) is 49.8 Å². The Morgan fingerprint density at radius 3 is 2.42 bits per heavy atom. The van der Waals surface area contributed by atoms with Gasteiger partial charge in [0.05, 0.1) is 0 Å². The molecule has 0 aliphatic carbocycles. The van der Waals surface area contributed by atoms with E-state index < -0.39 is 5.82 Å². The van der Waals surface area contributed by atoms with Crippen LogP contribution in [0.15, 0.2) is 27.8 Å². The predicted molar refractivity (Wildman–Crippen MR) is 127 cm³/mol. The van der Waals surface area contributed by atoms with Gasteiger partial charge in [-0.25, -0.2) is 14.2 Å². The van der Waals surface area contributed by atoms with Crippen LogP contribution >= 0.6 is 0 Å². The fourth-order valence-electron chi connectivity index (χ4n) is 4.26. The van der Waals surface area contributed by atoms with Crippen LogP contribution in [0.3, 0.4) is 0 Å². The molecule has 1 aliphatic heterocycles. The van der Waals surface area contributed by atoms with Crippen molar-refractivity contribution in [3.63, 3.8) is 0 Å². The molecule has 9 heteroatoms. The lowest BCUT2D eigenvalue weighted by Crippen LogP contribution is -2.39. The molecule has 0 radical (unpaired) electrons. The Labute approximate surface area is 191 Å². The average molecular weight is 456 g/mol.